The van der Waals surface area contributed by atoms with Crippen LogP contribution in [0.3, 0.4) is 0 Å². The standard InChI is InChI=1S/C27H34FN3O/c1-7-18(2)14-19(3)15-24-17-31(16-21(24)5)27(32)30-22(6)26(29)13-8-20(4)23-9-11-25(28)12-10-23/h8-15H,6-7,16-17,29H2,1-5H3,(H,30,32)/b18-14-,19-15-,20-8+,26-13+. The summed E-state index contributed by atoms with van der Waals surface area (Å²) >= 11 is 0. The molecular weight excluding hydrogens is 401 g/mol. The molecule has 2 amide bonds. The van der Waals surface area contributed by atoms with Crippen molar-refractivity contribution in [1.29, 1.82) is 0 Å². The Bertz CT molecular complexity index is 1020. The van der Waals surface area contributed by atoms with Crippen molar-refractivity contribution in [2.24, 2.45) is 5.73 Å². The number of allylic oxidation sites excluding steroid dienone is 6. The predicted octanol–water partition coefficient (Wildman–Crippen LogP) is 6.23. The molecule has 0 fully saturated rings. The summed E-state index contributed by atoms with van der Waals surface area (Å²) in [7, 11) is 0. The van der Waals surface area contributed by atoms with Crippen molar-refractivity contribution >= 4 is 11.6 Å². The molecule has 0 saturated carbocycles. The molecule has 0 bridgehead atoms. The number of hydrogen-bond acceptors (Lipinski definition) is 2. The number of carbonyl (C=O) groups excluding carboxylic acids is 1. The van der Waals surface area contributed by atoms with Crippen LogP contribution in [0.2, 0.25) is 0 Å². The molecule has 1 aromatic carbocycles. The summed E-state index contributed by atoms with van der Waals surface area (Å²) in [6.07, 6.45) is 8.85. The molecule has 5 heteroatoms. The van der Waals surface area contributed by atoms with E-state index in [4.69, 9.17) is 5.73 Å². The number of nitrogens with two attached hydrogens (primary N) is 1. The lowest BCUT2D eigenvalue weighted by Crippen LogP contribution is -2.39. The maximum atomic E-state index is 13.1. The number of amides is 2. The number of urea groups is 1. The van der Waals surface area contributed by atoms with Crippen LogP contribution in [0.4, 0.5) is 9.18 Å². The molecule has 2 rings (SSSR count). The van der Waals surface area contributed by atoms with Crippen LogP contribution in [0, 0.1) is 5.82 Å². The van der Waals surface area contributed by atoms with Crippen LogP contribution in [0.15, 0.2) is 88.8 Å². The van der Waals surface area contributed by atoms with Crippen molar-refractivity contribution in [3.05, 3.63) is 100 Å². The van der Waals surface area contributed by atoms with Gasteiger partial charge in [-0.1, -0.05) is 55.0 Å². The smallest absolute Gasteiger partial charge is 0.322 e. The number of halogens is 1. The van der Waals surface area contributed by atoms with Gasteiger partial charge in [0.05, 0.1) is 11.4 Å². The lowest BCUT2D eigenvalue weighted by atomic mass is 10.1. The Balaban J connectivity index is 1.98. The van der Waals surface area contributed by atoms with E-state index in [1.165, 1.54) is 28.9 Å². The number of carbonyl (C=O) groups is 1. The van der Waals surface area contributed by atoms with E-state index in [0.29, 0.717) is 24.5 Å². The SMILES string of the molecule is C=C(NC(=O)N1CC(C)=C(/C=C(C)\C=C(\C)CC)C1)/C(N)=C\C=C(/C)c1ccc(F)cc1. The van der Waals surface area contributed by atoms with Gasteiger partial charge in [0, 0.05) is 13.1 Å². The van der Waals surface area contributed by atoms with Crippen molar-refractivity contribution in [2.45, 2.75) is 41.0 Å². The quantitative estimate of drug-likeness (QED) is 0.499. The summed E-state index contributed by atoms with van der Waals surface area (Å²) in [6.45, 7) is 15.3. The predicted molar refractivity (Wildman–Crippen MR) is 132 cm³/mol. The van der Waals surface area contributed by atoms with E-state index >= 15 is 0 Å². The molecule has 1 aliphatic rings. The Morgan fingerprint density at radius 3 is 2.47 bits per heavy atom. The zero-order valence-corrected chi connectivity index (χ0v) is 19.8. The second-order valence-electron chi connectivity index (χ2n) is 8.28. The van der Waals surface area contributed by atoms with Gasteiger partial charge in [0.1, 0.15) is 5.82 Å². The van der Waals surface area contributed by atoms with Crippen molar-refractivity contribution < 1.29 is 9.18 Å². The van der Waals surface area contributed by atoms with Crippen molar-refractivity contribution in [3.63, 3.8) is 0 Å². The summed E-state index contributed by atoms with van der Waals surface area (Å²) in [5.74, 6) is -0.277. The highest BCUT2D eigenvalue weighted by atomic mass is 19.1. The Hall–Kier alpha value is -3.34. The van der Waals surface area contributed by atoms with Gasteiger partial charge < -0.3 is 16.0 Å². The molecule has 0 atom stereocenters. The van der Waals surface area contributed by atoms with Crippen LogP contribution in [0.25, 0.3) is 5.57 Å². The molecule has 0 spiro atoms. The first-order valence-electron chi connectivity index (χ1n) is 10.8. The van der Waals surface area contributed by atoms with E-state index in [-0.39, 0.29) is 11.8 Å². The normalized spacial score (nSPS) is 16.0. The maximum absolute atomic E-state index is 13.1. The first kappa shape index (κ1) is 24.9. The molecule has 32 heavy (non-hydrogen) atoms. The van der Waals surface area contributed by atoms with Gasteiger partial charge in [-0.25, -0.2) is 9.18 Å². The molecule has 1 heterocycles. The zero-order valence-electron chi connectivity index (χ0n) is 19.8. The van der Waals surface area contributed by atoms with Gasteiger partial charge in [-0.3, -0.25) is 0 Å². The summed E-state index contributed by atoms with van der Waals surface area (Å²) in [5.41, 5.74) is 13.5. The molecule has 4 nitrogen and oxygen atoms in total. The second kappa shape index (κ2) is 11.3. The molecule has 0 radical (unpaired) electrons. The third-order valence-electron chi connectivity index (χ3n) is 5.48. The third-order valence-corrected chi connectivity index (χ3v) is 5.48. The first-order valence-corrected chi connectivity index (χ1v) is 10.8. The summed E-state index contributed by atoms with van der Waals surface area (Å²) < 4.78 is 13.1. The molecule has 0 saturated heterocycles. The average Bonchev–Trinajstić information content (AvgIpc) is 3.12. The van der Waals surface area contributed by atoms with Crippen LogP contribution in [-0.4, -0.2) is 24.0 Å². The molecule has 0 aliphatic carbocycles. The highest BCUT2D eigenvalue weighted by Gasteiger charge is 2.23. The van der Waals surface area contributed by atoms with Crippen LogP contribution >= 0.6 is 0 Å². The number of nitrogens with one attached hydrogen (secondary N) is 1. The van der Waals surface area contributed by atoms with Gasteiger partial charge in [-0.15, -0.1) is 0 Å². The Morgan fingerprint density at radius 2 is 1.84 bits per heavy atom. The molecule has 1 aliphatic heterocycles. The highest BCUT2D eigenvalue weighted by Crippen LogP contribution is 2.21. The monoisotopic (exact) mass is 435 g/mol. The van der Waals surface area contributed by atoms with E-state index in [0.717, 1.165) is 23.1 Å². The number of nitrogens with zero attached hydrogens (tertiary/aromatic N) is 1. The number of hydrogen-bond donors (Lipinski definition) is 2. The second-order valence-corrected chi connectivity index (χ2v) is 8.28. The number of rotatable bonds is 7. The summed E-state index contributed by atoms with van der Waals surface area (Å²) in [4.78, 5) is 14.5. The van der Waals surface area contributed by atoms with Crippen LogP contribution < -0.4 is 11.1 Å². The number of benzene rings is 1. The van der Waals surface area contributed by atoms with Crippen LogP contribution in [0.1, 0.15) is 46.6 Å². The minimum Gasteiger partial charge on any atom is -0.397 e. The molecule has 0 unspecified atom stereocenters. The zero-order chi connectivity index (χ0) is 23.8. The van der Waals surface area contributed by atoms with Gasteiger partial charge >= 0.3 is 6.03 Å². The van der Waals surface area contributed by atoms with E-state index in [1.54, 1.807) is 23.1 Å². The van der Waals surface area contributed by atoms with Crippen molar-refractivity contribution in [2.75, 3.05) is 13.1 Å². The molecule has 3 N–H and O–H groups in total. The molecule has 170 valence electrons. The van der Waals surface area contributed by atoms with E-state index in [1.807, 2.05) is 13.0 Å². The summed E-state index contributed by atoms with van der Waals surface area (Å²) in [5, 5.41) is 2.79. The Kier molecular flexibility index (Phi) is 8.82. The Morgan fingerprint density at radius 1 is 1.19 bits per heavy atom. The molecule has 1 aromatic rings. The lowest BCUT2D eigenvalue weighted by molar-refractivity contribution is 0.213. The van der Waals surface area contributed by atoms with Gasteiger partial charge in [-0.05, 0) is 74.6 Å². The third kappa shape index (κ3) is 7.12. The molecular formula is C27H34FN3O. The fourth-order valence-corrected chi connectivity index (χ4v) is 3.31. The maximum Gasteiger partial charge on any atom is 0.322 e. The van der Waals surface area contributed by atoms with E-state index in [9.17, 15) is 9.18 Å². The largest absolute Gasteiger partial charge is 0.397 e. The van der Waals surface area contributed by atoms with Gasteiger partial charge in [-0.2, -0.15) is 0 Å². The fourth-order valence-electron chi connectivity index (χ4n) is 3.31. The summed E-state index contributed by atoms with van der Waals surface area (Å²) in [6, 6.07) is 6.01. The van der Waals surface area contributed by atoms with Gasteiger partial charge in [0.2, 0.25) is 0 Å². The average molecular weight is 436 g/mol. The fraction of sp³-hybridized carbons (Fsp3) is 0.296. The molecule has 0 aromatic heterocycles. The topological polar surface area (TPSA) is 58.4 Å². The highest BCUT2D eigenvalue weighted by molar-refractivity contribution is 5.78. The van der Waals surface area contributed by atoms with Crippen LogP contribution in [-0.2, 0) is 0 Å². The van der Waals surface area contributed by atoms with Crippen LogP contribution in [0.5, 0.6) is 0 Å². The van der Waals surface area contributed by atoms with Crippen molar-refractivity contribution in [3.8, 4) is 0 Å². The first-order chi connectivity index (χ1) is 15.1. The van der Waals surface area contributed by atoms with E-state index < -0.39 is 0 Å². The van der Waals surface area contributed by atoms with Crippen molar-refractivity contribution in [1.82, 2.24) is 10.2 Å². The van der Waals surface area contributed by atoms with Gasteiger partial charge in [0.15, 0.2) is 0 Å². The van der Waals surface area contributed by atoms with E-state index in [2.05, 4.69) is 51.7 Å². The lowest BCUT2D eigenvalue weighted by Gasteiger charge is -2.18. The minimum atomic E-state index is -0.277. The minimum absolute atomic E-state index is 0.230. The Labute approximate surface area is 191 Å². The van der Waals surface area contributed by atoms with Gasteiger partial charge in [0.25, 0.3) is 0 Å².